The zero-order chi connectivity index (χ0) is 30.2. The number of primary amides is 1. The summed E-state index contributed by atoms with van der Waals surface area (Å²) in [4.78, 5) is 53.1. The summed E-state index contributed by atoms with van der Waals surface area (Å²) in [7, 11) is 3.17. The van der Waals surface area contributed by atoms with E-state index in [1.807, 2.05) is 0 Å². The van der Waals surface area contributed by atoms with Gasteiger partial charge < -0.3 is 31.5 Å². The summed E-state index contributed by atoms with van der Waals surface area (Å²) in [6.45, 7) is 0. The number of benzene rings is 2. The maximum Gasteiger partial charge on any atom is 0.255 e. The number of hydrogen-bond donors (Lipinski definition) is 6. The van der Waals surface area contributed by atoms with Crippen molar-refractivity contribution >= 4 is 29.1 Å². The largest absolute Gasteiger partial charge is 0.510 e. The summed E-state index contributed by atoms with van der Waals surface area (Å²) in [6.07, 6.45) is 1.95. The van der Waals surface area contributed by atoms with Crippen LogP contribution in [0, 0.1) is 17.8 Å². The molecule has 0 spiro atoms. The van der Waals surface area contributed by atoms with Crippen LogP contribution in [0.4, 0.5) is 5.69 Å². The number of carbonyl (C=O) groups is 4. The smallest absolute Gasteiger partial charge is 0.255 e. The van der Waals surface area contributed by atoms with Crippen molar-refractivity contribution in [2.45, 2.75) is 37.3 Å². The number of nitrogens with zero attached hydrogens (tertiary/aromatic N) is 1. The number of hydrogen-bond acceptors (Lipinski definition) is 9. The molecule has 4 aliphatic carbocycles. The van der Waals surface area contributed by atoms with Crippen LogP contribution in [0.5, 0.6) is 5.75 Å². The number of rotatable bonds is 5. The van der Waals surface area contributed by atoms with Crippen molar-refractivity contribution in [2.24, 2.45) is 23.5 Å². The van der Waals surface area contributed by atoms with Crippen molar-refractivity contribution in [2.75, 3.05) is 19.4 Å². The number of fused-ring (bicyclic) bond motifs is 3. The lowest BCUT2D eigenvalue weighted by Crippen LogP contribution is -2.63. The molecule has 0 bridgehead atoms. The number of carbonyl (C=O) groups excluding carboxylic acids is 4. The first-order chi connectivity index (χ1) is 19.9. The molecule has 11 nitrogen and oxygen atoms in total. The lowest BCUT2D eigenvalue weighted by atomic mass is 9.58. The fraction of sp³-hybridized carbons (Fsp3) is 0.355. The highest BCUT2D eigenvalue weighted by Gasteiger charge is 2.63. The predicted octanol–water partition coefficient (Wildman–Crippen LogP) is 2.14. The monoisotopic (exact) mass is 573 g/mol. The first-order valence-corrected chi connectivity index (χ1v) is 13.8. The van der Waals surface area contributed by atoms with Crippen LogP contribution in [0.3, 0.4) is 0 Å². The zero-order valence-corrected chi connectivity index (χ0v) is 23.0. The maximum atomic E-state index is 13.9. The molecule has 0 heterocycles. The molecule has 0 saturated heterocycles. The third-order valence-corrected chi connectivity index (χ3v) is 9.02. The second-order valence-corrected chi connectivity index (χ2v) is 11.8. The Labute approximate surface area is 240 Å². The number of aromatic hydroxyl groups is 1. The number of aliphatic hydroxyl groups is 3. The zero-order valence-electron chi connectivity index (χ0n) is 23.0. The maximum absolute atomic E-state index is 13.9. The number of nitrogens with two attached hydrogens (primary N) is 1. The van der Waals surface area contributed by atoms with Crippen molar-refractivity contribution < 1.29 is 39.6 Å². The van der Waals surface area contributed by atoms with Crippen LogP contribution in [0.15, 0.2) is 59.1 Å². The lowest BCUT2D eigenvalue weighted by Gasteiger charge is -2.50. The minimum Gasteiger partial charge on any atom is -0.510 e. The SMILES string of the molecule is CN(C)C1C(O)=C(C(N)=O)C(=O)C2(O)C(O)=C3C(=O)c4c(O)ccc(-c5ccc(NC(=O)C6CC6)cc5)c4CC3CC12. The van der Waals surface area contributed by atoms with Crippen molar-refractivity contribution in [3.05, 3.63) is 70.2 Å². The molecule has 0 radical (unpaired) electrons. The van der Waals surface area contributed by atoms with Gasteiger partial charge in [0, 0.05) is 23.1 Å². The molecule has 2 aromatic carbocycles. The van der Waals surface area contributed by atoms with Crippen LogP contribution < -0.4 is 11.1 Å². The van der Waals surface area contributed by atoms with E-state index in [1.165, 1.54) is 11.0 Å². The van der Waals surface area contributed by atoms with E-state index in [0.29, 0.717) is 16.8 Å². The van der Waals surface area contributed by atoms with Crippen LogP contribution in [0.2, 0.25) is 0 Å². The Bertz CT molecular complexity index is 1640. The quantitative estimate of drug-likeness (QED) is 0.291. The fourth-order valence-corrected chi connectivity index (χ4v) is 6.84. The molecule has 11 heteroatoms. The Morgan fingerprint density at radius 2 is 1.69 bits per heavy atom. The van der Waals surface area contributed by atoms with Gasteiger partial charge in [0.05, 0.1) is 11.6 Å². The Morgan fingerprint density at radius 1 is 1.02 bits per heavy atom. The molecule has 6 rings (SSSR count). The molecule has 4 atom stereocenters. The van der Waals surface area contributed by atoms with Crippen LogP contribution in [-0.2, 0) is 20.8 Å². The number of phenols is 1. The van der Waals surface area contributed by atoms with Crippen molar-refractivity contribution in [1.29, 1.82) is 0 Å². The topological polar surface area (TPSA) is 190 Å². The molecule has 0 aromatic heterocycles. The summed E-state index contributed by atoms with van der Waals surface area (Å²) in [5.41, 5.74) is 4.16. The molecule has 2 amide bonds. The number of Topliss-reactive ketones (excluding diaryl/α,β-unsaturated/α-hetero) is 2. The highest BCUT2D eigenvalue weighted by atomic mass is 16.3. The summed E-state index contributed by atoms with van der Waals surface area (Å²) in [6, 6.07) is 9.13. The van der Waals surface area contributed by atoms with E-state index in [9.17, 15) is 39.6 Å². The first-order valence-electron chi connectivity index (χ1n) is 13.8. The molecule has 2 aromatic rings. The second-order valence-electron chi connectivity index (χ2n) is 11.8. The second kappa shape index (κ2) is 9.53. The van der Waals surface area contributed by atoms with Crippen molar-refractivity contribution in [3.8, 4) is 16.9 Å². The molecule has 42 heavy (non-hydrogen) atoms. The highest BCUT2D eigenvalue weighted by molar-refractivity contribution is 6.25. The third kappa shape index (κ3) is 3.95. The summed E-state index contributed by atoms with van der Waals surface area (Å²) >= 11 is 0. The number of likely N-dealkylation sites (N-methyl/N-ethyl adjacent to an activating group) is 1. The Morgan fingerprint density at radius 3 is 2.29 bits per heavy atom. The number of nitrogens with one attached hydrogen (secondary N) is 1. The van der Waals surface area contributed by atoms with Gasteiger partial charge >= 0.3 is 0 Å². The minimum absolute atomic E-state index is 0.00694. The highest BCUT2D eigenvalue weighted by Crippen LogP contribution is 2.53. The number of aliphatic hydroxyl groups excluding tert-OH is 2. The van der Waals surface area contributed by atoms with Gasteiger partial charge in [-0.15, -0.1) is 0 Å². The number of phenolic OH excluding ortho intramolecular Hbond substituents is 1. The number of amides is 2. The van der Waals surface area contributed by atoms with Crippen molar-refractivity contribution in [1.82, 2.24) is 4.90 Å². The normalized spacial score (nSPS) is 27.0. The van der Waals surface area contributed by atoms with Gasteiger partial charge in [-0.1, -0.05) is 18.2 Å². The van der Waals surface area contributed by atoms with Gasteiger partial charge in [0.15, 0.2) is 11.4 Å². The standard InChI is InChI=1S/C31H31N3O8/c1-34(2)24-19-12-15-11-18-17(13-5-7-16(8-6-13)33-30(41)14-3-4-14)9-10-20(35)22(18)25(36)21(15)27(38)31(19,42)28(39)23(26(24)37)29(32)40/h5-10,14-15,19,24,35,37-38,42H,3-4,11-12H2,1-2H3,(H2,32,40)(H,33,41). The van der Waals surface area contributed by atoms with Gasteiger partial charge in [0.2, 0.25) is 11.7 Å². The van der Waals surface area contributed by atoms with Crippen LogP contribution in [-0.4, -0.2) is 74.4 Å². The van der Waals surface area contributed by atoms with E-state index in [-0.39, 0.29) is 41.6 Å². The lowest BCUT2D eigenvalue weighted by molar-refractivity contribution is -0.148. The van der Waals surface area contributed by atoms with Gasteiger partial charge in [-0.05, 0) is 80.6 Å². The van der Waals surface area contributed by atoms with Crippen LogP contribution in [0.1, 0.15) is 35.2 Å². The average Bonchev–Trinajstić information content (AvgIpc) is 3.77. The molecule has 4 unspecified atom stereocenters. The van der Waals surface area contributed by atoms with Gasteiger partial charge in [0.1, 0.15) is 22.8 Å². The third-order valence-electron chi connectivity index (χ3n) is 9.02. The molecule has 1 fully saturated rings. The summed E-state index contributed by atoms with van der Waals surface area (Å²) in [5, 5.41) is 47.7. The molecule has 4 aliphatic rings. The van der Waals surface area contributed by atoms with Gasteiger partial charge in [0.25, 0.3) is 5.91 Å². The van der Waals surface area contributed by atoms with Crippen LogP contribution >= 0.6 is 0 Å². The van der Waals surface area contributed by atoms with E-state index >= 15 is 0 Å². The van der Waals surface area contributed by atoms with Crippen LogP contribution in [0.25, 0.3) is 11.1 Å². The van der Waals surface area contributed by atoms with E-state index in [0.717, 1.165) is 18.4 Å². The Kier molecular flexibility index (Phi) is 6.28. The van der Waals surface area contributed by atoms with Gasteiger partial charge in [-0.25, -0.2) is 0 Å². The Hall–Kier alpha value is -4.48. The molecule has 7 N–H and O–H groups in total. The molecule has 0 aliphatic heterocycles. The van der Waals surface area contributed by atoms with E-state index in [2.05, 4.69) is 5.32 Å². The summed E-state index contributed by atoms with van der Waals surface area (Å²) in [5.74, 6) is -6.86. The number of allylic oxidation sites excluding steroid dienone is 1. The number of anilines is 1. The molecule has 218 valence electrons. The average molecular weight is 574 g/mol. The molecular formula is C31H31N3O8. The van der Waals surface area contributed by atoms with Crippen molar-refractivity contribution in [3.63, 3.8) is 0 Å². The van der Waals surface area contributed by atoms with E-state index in [1.54, 1.807) is 44.4 Å². The first kappa shape index (κ1) is 27.7. The van der Waals surface area contributed by atoms with Gasteiger partial charge in [-0.3, -0.25) is 24.1 Å². The van der Waals surface area contributed by atoms with E-state index in [4.69, 9.17) is 5.73 Å². The minimum atomic E-state index is -2.68. The molecular weight excluding hydrogens is 542 g/mol. The van der Waals surface area contributed by atoms with E-state index < -0.39 is 58.0 Å². The van der Waals surface area contributed by atoms with Gasteiger partial charge in [-0.2, -0.15) is 0 Å². The number of ketones is 2. The molecule has 1 saturated carbocycles. The summed E-state index contributed by atoms with van der Waals surface area (Å²) < 4.78 is 0. The Balaban J connectivity index is 1.44. The fourth-order valence-electron chi connectivity index (χ4n) is 6.84. The predicted molar refractivity (Wildman–Crippen MR) is 150 cm³/mol.